The van der Waals surface area contributed by atoms with E-state index in [0.717, 1.165) is 38.8 Å². The molecule has 1 saturated heterocycles. The van der Waals surface area contributed by atoms with Crippen LogP contribution >= 0.6 is 0 Å². The van der Waals surface area contributed by atoms with Crippen LogP contribution in [0.4, 0.5) is 0 Å². The summed E-state index contributed by atoms with van der Waals surface area (Å²) in [5, 5.41) is 13.4. The monoisotopic (exact) mass is 215 g/mol. The second-order valence-corrected chi connectivity index (χ2v) is 4.94. The Kier molecular flexibility index (Phi) is 4.56. The minimum atomic E-state index is -0.547. The molecular weight excluding hydrogens is 190 g/mol. The van der Waals surface area contributed by atoms with E-state index < -0.39 is 5.60 Å². The summed E-state index contributed by atoms with van der Waals surface area (Å²) in [6.45, 7) is 8.58. The molecule has 1 fully saturated rings. The fourth-order valence-corrected chi connectivity index (χ4v) is 2.04. The van der Waals surface area contributed by atoms with Gasteiger partial charge in [-0.2, -0.15) is 0 Å². The van der Waals surface area contributed by atoms with Crippen LogP contribution in [0.15, 0.2) is 0 Å². The molecule has 0 aromatic heterocycles. The van der Waals surface area contributed by atoms with Crippen LogP contribution in [0.5, 0.6) is 0 Å². The third kappa shape index (κ3) is 3.74. The molecule has 0 spiro atoms. The minimum absolute atomic E-state index is 0.0115. The molecule has 0 radical (unpaired) electrons. The van der Waals surface area contributed by atoms with Crippen LogP contribution in [0.25, 0.3) is 0 Å². The lowest BCUT2D eigenvalue weighted by molar-refractivity contribution is 0.00310. The van der Waals surface area contributed by atoms with E-state index in [1.807, 2.05) is 13.8 Å². The molecule has 1 heterocycles. The summed E-state index contributed by atoms with van der Waals surface area (Å²) in [5.74, 6) is 0. The van der Waals surface area contributed by atoms with Gasteiger partial charge < -0.3 is 15.2 Å². The summed E-state index contributed by atoms with van der Waals surface area (Å²) in [6.07, 6.45) is 3.88. The van der Waals surface area contributed by atoms with E-state index >= 15 is 0 Å². The normalized spacial score (nSPS) is 27.2. The molecule has 1 unspecified atom stereocenters. The van der Waals surface area contributed by atoms with Crippen LogP contribution in [-0.4, -0.2) is 36.0 Å². The van der Waals surface area contributed by atoms with Gasteiger partial charge in [0.2, 0.25) is 0 Å². The van der Waals surface area contributed by atoms with Crippen molar-refractivity contribution in [1.82, 2.24) is 5.32 Å². The van der Waals surface area contributed by atoms with Gasteiger partial charge in [-0.1, -0.05) is 13.8 Å². The predicted molar refractivity (Wildman–Crippen MR) is 62.0 cm³/mol. The Hall–Kier alpha value is -0.120. The van der Waals surface area contributed by atoms with Crippen molar-refractivity contribution in [3.8, 4) is 0 Å². The molecule has 2 N–H and O–H groups in total. The van der Waals surface area contributed by atoms with Gasteiger partial charge in [0.15, 0.2) is 0 Å². The van der Waals surface area contributed by atoms with Gasteiger partial charge in [-0.15, -0.1) is 0 Å². The summed E-state index contributed by atoms with van der Waals surface area (Å²) < 4.78 is 5.68. The first-order valence-electron chi connectivity index (χ1n) is 6.11. The molecule has 0 aliphatic carbocycles. The van der Waals surface area contributed by atoms with E-state index in [2.05, 4.69) is 12.2 Å². The van der Waals surface area contributed by atoms with E-state index in [4.69, 9.17) is 4.74 Å². The molecule has 3 heteroatoms. The Balaban J connectivity index is 2.25. The number of hydrogen-bond acceptors (Lipinski definition) is 3. The van der Waals surface area contributed by atoms with Crippen molar-refractivity contribution in [2.45, 2.75) is 57.7 Å². The predicted octanol–water partition coefficient (Wildman–Crippen LogP) is 1.70. The molecule has 0 saturated carbocycles. The second kappa shape index (κ2) is 5.28. The van der Waals surface area contributed by atoms with E-state index in [0.29, 0.717) is 6.54 Å². The summed E-state index contributed by atoms with van der Waals surface area (Å²) in [5.41, 5.74) is -0.558. The van der Waals surface area contributed by atoms with Crippen LogP contribution in [0, 0.1) is 0 Å². The molecule has 1 rings (SSSR count). The highest BCUT2D eigenvalue weighted by molar-refractivity contribution is 4.85. The van der Waals surface area contributed by atoms with Gasteiger partial charge in [-0.25, -0.2) is 0 Å². The zero-order chi connectivity index (χ0) is 11.4. The molecule has 1 atom stereocenters. The molecular formula is C12H25NO2. The highest BCUT2D eigenvalue weighted by atomic mass is 16.5. The van der Waals surface area contributed by atoms with Crippen molar-refractivity contribution >= 4 is 0 Å². The Morgan fingerprint density at radius 2 is 2.07 bits per heavy atom. The van der Waals surface area contributed by atoms with Crippen molar-refractivity contribution < 1.29 is 9.84 Å². The Bertz CT molecular complexity index is 180. The van der Waals surface area contributed by atoms with Crippen LogP contribution in [0.1, 0.15) is 46.5 Å². The number of nitrogens with one attached hydrogen (secondary N) is 1. The van der Waals surface area contributed by atoms with Crippen LogP contribution in [-0.2, 0) is 4.74 Å². The van der Waals surface area contributed by atoms with Crippen LogP contribution in [0.3, 0.4) is 0 Å². The van der Waals surface area contributed by atoms with Crippen molar-refractivity contribution in [1.29, 1.82) is 0 Å². The molecule has 90 valence electrons. The first-order chi connectivity index (χ1) is 7.04. The van der Waals surface area contributed by atoms with E-state index in [9.17, 15) is 5.11 Å². The number of hydrogen-bond donors (Lipinski definition) is 2. The average Bonchev–Trinajstić information content (AvgIpc) is 2.65. The Morgan fingerprint density at radius 1 is 1.40 bits per heavy atom. The molecule has 0 aromatic carbocycles. The first kappa shape index (κ1) is 12.9. The minimum Gasteiger partial charge on any atom is -0.389 e. The number of rotatable bonds is 6. The van der Waals surface area contributed by atoms with Gasteiger partial charge in [0, 0.05) is 19.7 Å². The summed E-state index contributed by atoms with van der Waals surface area (Å²) in [4.78, 5) is 0. The SMILES string of the molecule is CCC(O)(CC)CNCC1(C)CCCO1. The maximum atomic E-state index is 10.1. The lowest BCUT2D eigenvalue weighted by atomic mass is 9.96. The standard InChI is InChI=1S/C12H25NO2/c1-4-12(14,5-2)10-13-9-11(3)7-6-8-15-11/h13-14H,4-10H2,1-3H3. The number of aliphatic hydroxyl groups is 1. The molecule has 15 heavy (non-hydrogen) atoms. The largest absolute Gasteiger partial charge is 0.389 e. The van der Waals surface area contributed by atoms with Crippen molar-refractivity contribution in [3.63, 3.8) is 0 Å². The molecule has 0 bridgehead atoms. The highest BCUT2D eigenvalue weighted by Gasteiger charge is 2.30. The van der Waals surface area contributed by atoms with Gasteiger partial charge in [-0.05, 0) is 32.6 Å². The highest BCUT2D eigenvalue weighted by Crippen LogP contribution is 2.24. The summed E-state index contributed by atoms with van der Waals surface area (Å²) >= 11 is 0. The zero-order valence-corrected chi connectivity index (χ0v) is 10.3. The van der Waals surface area contributed by atoms with Gasteiger partial charge in [0.05, 0.1) is 11.2 Å². The number of ether oxygens (including phenoxy) is 1. The van der Waals surface area contributed by atoms with Crippen LogP contribution in [0.2, 0.25) is 0 Å². The lowest BCUT2D eigenvalue weighted by Crippen LogP contribution is -2.45. The maximum absolute atomic E-state index is 10.1. The quantitative estimate of drug-likeness (QED) is 0.708. The first-order valence-corrected chi connectivity index (χ1v) is 6.11. The Morgan fingerprint density at radius 3 is 2.53 bits per heavy atom. The third-order valence-electron chi connectivity index (χ3n) is 3.57. The molecule has 0 amide bonds. The van der Waals surface area contributed by atoms with Gasteiger partial charge in [0.1, 0.15) is 0 Å². The fraction of sp³-hybridized carbons (Fsp3) is 1.00. The van der Waals surface area contributed by atoms with Crippen molar-refractivity contribution in [2.24, 2.45) is 0 Å². The summed E-state index contributed by atoms with van der Waals surface area (Å²) in [7, 11) is 0. The second-order valence-electron chi connectivity index (χ2n) is 4.94. The van der Waals surface area contributed by atoms with Gasteiger partial charge >= 0.3 is 0 Å². The maximum Gasteiger partial charge on any atom is 0.0779 e. The van der Waals surface area contributed by atoms with Crippen molar-refractivity contribution in [2.75, 3.05) is 19.7 Å². The smallest absolute Gasteiger partial charge is 0.0779 e. The fourth-order valence-electron chi connectivity index (χ4n) is 2.04. The average molecular weight is 215 g/mol. The Labute approximate surface area is 93.2 Å². The van der Waals surface area contributed by atoms with E-state index in [1.54, 1.807) is 0 Å². The van der Waals surface area contributed by atoms with Crippen molar-refractivity contribution in [3.05, 3.63) is 0 Å². The zero-order valence-electron chi connectivity index (χ0n) is 10.3. The van der Waals surface area contributed by atoms with E-state index in [1.165, 1.54) is 0 Å². The molecule has 3 nitrogen and oxygen atoms in total. The summed E-state index contributed by atoms with van der Waals surface area (Å²) in [6, 6.07) is 0. The molecule has 1 aliphatic heterocycles. The lowest BCUT2D eigenvalue weighted by Gasteiger charge is -2.29. The van der Waals surface area contributed by atoms with Gasteiger partial charge in [-0.3, -0.25) is 0 Å². The van der Waals surface area contributed by atoms with E-state index in [-0.39, 0.29) is 5.60 Å². The third-order valence-corrected chi connectivity index (χ3v) is 3.57. The molecule has 1 aliphatic rings. The molecule has 0 aromatic rings. The van der Waals surface area contributed by atoms with Gasteiger partial charge in [0.25, 0.3) is 0 Å². The topological polar surface area (TPSA) is 41.5 Å². The van der Waals surface area contributed by atoms with Crippen LogP contribution < -0.4 is 5.32 Å².